The lowest BCUT2D eigenvalue weighted by Crippen LogP contribution is -2.24. The number of amides is 1. The van der Waals surface area contributed by atoms with E-state index in [2.05, 4.69) is 10.3 Å². The van der Waals surface area contributed by atoms with Gasteiger partial charge in [-0.2, -0.15) is 26.3 Å². The van der Waals surface area contributed by atoms with Crippen LogP contribution < -0.4 is 5.32 Å². The van der Waals surface area contributed by atoms with Crippen LogP contribution in [0.3, 0.4) is 0 Å². The Morgan fingerprint density at radius 1 is 0.824 bits per heavy atom. The van der Waals surface area contributed by atoms with E-state index >= 15 is 0 Å². The molecular weight excluding hydrogens is 465 g/mol. The zero-order chi connectivity index (χ0) is 24.7. The molecule has 0 aliphatic carbocycles. The standard InChI is InChI=1S/C24H15F7N2O/c25-17-6-7-19-18(11-17)20(14-4-2-1-3-5-14)21(33-19)22(34)32-12-13-8-15(23(26,27)28)10-16(9-13)24(29,30)31/h1-11,33H,12H2,(H,32,34). The number of hydrogen-bond donors (Lipinski definition) is 2. The monoisotopic (exact) mass is 480 g/mol. The van der Waals surface area contributed by atoms with Crippen molar-refractivity contribution in [2.45, 2.75) is 18.9 Å². The van der Waals surface area contributed by atoms with Gasteiger partial charge in [0, 0.05) is 23.0 Å². The van der Waals surface area contributed by atoms with E-state index in [4.69, 9.17) is 0 Å². The Balaban J connectivity index is 1.70. The third-order valence-corrected chi connectivity index (χ3v) is 5.15. The van der Waals surface area contributed by atoms with Crippen LogP contribution in [0.2, 0.25) is 0 Å². The number of hydrogen-bond acceptors (Lipinski definition) is 1. The van der Waals surface area contributed by atoms with Gasteiger partial charge in [0.2, 0.25) is 0 Å². The largest absolute Gasteiger partial charge is 0.416 e. The third-order valence-electron chi connectivity index (χ3n) is 5.15. The molecule has 0 radical (unpaired) electrons. The summed E-state index contributed by atoms with van der Waals surface area (Å²) in [6.45, 7) is -0.593. The Morgan fingerprint density at radius 3 is 2.03 bits per heavy atom. The van der Waals surface area contributed by atoms with Crippen LogP contribution in [0.4, 0.5) is 30.7 Å². The normalized spacial score (nSPS) is 12.2. The molecule has 3 nitrogen and oxygen atoms in total. The van der Waals surface area contributed by atoms with E-state index in [0.717, 1.165) is 0 Å². The molecule has 176 valence electrons. The molecule has 0 atom stereocenters. The number of rotatable bonds is 4. The zero-order valence-corrected chi connectivity index (χ0v) is 17.1. The van der Waals surface area contributed by atoms with Crippen LogP contribution in [0.15, 0.2) is 66.7 Å². The molecule has 1 aromatic heterocycles. The number of fused-ring (bicyclic) bond motifs is 1. The van der Waals surface area contributed by atoms with E-state index in [1.807, 2.05) is 0 Å². The number of alkyl halides is 6. The lowest BCUT2D eigenvalue weighted by atomic mass is 10.0. The van der Waals surface area contributed by atoms with E-state index in [-0.39, 0.29) is 17.3 Å². The van der Waals surface area contributed by atoms with E-state index in [1.54, 1.807) is 30.3 Å². The van der Waals surface area contributed by atoms with Crippen LogP contribution in [-0.2, 0) is 18.9 Å². The van der Waals surface area contributed by atoms with Crippen LogP contribution in [-0.4, -0.2) is 10.9 Å². The van der Waals surface area contributed by atoms with Gasteiger partial charge in [0.05, 0.1) is 11.1 Å². The highest BCUT2D eigenvalue weighted by molar-refractivity contribution is 6.09. The fourth-order valence-corrected chi connectivity index (χ4v) is 3.63. The van der Waals surface area contributed by atoms with Gasteiger partial charge in [-0.25, -0.2) is 4.39 Å². The van der Waals surface area contributed by atoms with Crippen LogP contribution in [0.1, 0.15) is 27.2 Å². The number of carbonyl (C=O) groups is 1. The van der Waals surface area contributed by atoms with Crippen LogP contribution in [0, 0.1) is 5.82 Å². The zero-order valence-electron chi connectivity index (χ0n) is 17.1. The average Bonchev–Trinajstić information content (AvgIpc) is 3.15. The lowest BCUT2D eigenvalue weighted by molar-refractivity contribution is -0.143. The number of aromatic nitrogens is 1. The van der Waals surface area contributed by atoms with Gasteiger partial charge < -0.3 is 10.3 Å². The van der Waals surface area contributed by atoms with E-state index in [0.29, 0.717) is 34.2 Å². The van der Waals surface area contributed by atoms with Crippen molar-refractivity contribution in [2.75, 3.05) is 0 Å². The Kier molecular flexibility index (Phi) is 5.84. The van der Waals surface area contributed by atoms with Crippen molar-refractivity contribution < 1.29 is 35.5 Å². The molecule has 0 saturated carbocycles. The third kappa shape index (κ3) is 4.75. The maximum absolute atomic E-state index is 13.9. The second-order valence-corrected chi connectivity index (χ2v) is 7.53. The molecule has 0 fully saturated rings. The fraction of sp³-hybridized carbons (Fsp3) is 0.125. The summed E-state index contributed by atoms with van der Waals surface area (Å²) in [5.74, 6) is -1.32. The number of halogens is 7. The number of benzene rings is 3. The van der Waals surface area contributed by atoms with Gasteiger partial charge in [0.1, 0.15) is 11.5 Å². The average molecular weight is 480 g/mol. The summed E-state index contributed by atoms with van der Waals surface area (Å²) < 4.78 is 92.5. The Hall–Kier alpha value is -3.82. The highest BCUT2D eigenvalue weighted by atomic mass is 19.4. The van der Waals surface area contributed by atoms with E-state index in [1.165, 1.54) is 18.2 Å². The Morgan fingerprint density at radius 2 is 1.44 bits per heavy atom. The van der Waals surface area contributed by atoms with Crippen molar-refractivity contribution >= 4 is 16.8 Å². The quantitative estimate of drug-likeness (QED) is 0.306. The molecule has 0 spiro atoms. The summed E-state index contributed by atoms with van der Waals surface area (Å²) in [6, 6.07) is 13.5. The predicted octanol–water partition coefficient (Wildman–Crippen LogP) is 6.94. The lowest BCUT2D eigenvalue weighted by Gasteiger charge is -2.14. The summed E-state index contributed by atoms with van der Waals surface area (Å²) >= 11 is 0. The molecule has 1 heterocycles. The Bertz CT molecular complexity index is 1320. The predicted molar refractivity (Wildman–Crippen MR) is 111 cm³/mol. The molecule has 0 unspecified atom stereocenters. The van der Waals surface area contributed by atoms with Gasteiger partial charge in [-0.1, -0.05) is 30.3 Å². The van der Waals surface area contributed by atoms with Gasteiger partial charge in [-0.3, -0.25) is 4.79 Å². The first-order valence-corrected chi connectivity index (χ1v) is 9.86. The molecule has 1 amide bonds. The smallest absolute Gasteiger partial charge is 0.350 e. The minimum atomic E-state index is -5.00. The first-order chi connectivity index (χ1) is 15.9. The van der Waals surface area contributed by atoms with E-state index in [9.17, 15) is 35.5 Å². The second-order valence-electron chi connectivity index (χ2n) is 7.53. The first-order valence-electron chi connectivity index (χ1n) is 9.86. The minimum Gasteiger partial charge on any atom is -0.350 e. The number of nitrogens with one attached hydrogen (secondary N) is 2. The topological polar surface area (TPSA) is 44.9 Å². The summed E-state index contributed by atoms with van der Waals surface area (Å²) in [6.07, 6.45) is -10.00. The van der Waals surface area contributed by atoms with Crippen molar-refractivity contribution in [1.82, 2.24) is 10.3 Å². The molecule has 2 N–H and O–H groups in total. The molecule has 0 aliphatic heterocycles. The molecular formula is C24H15F7N2O. The second kappa shape index (κ2) is 8.51. The molecule has 4 rings (SSSR count). The number of aromatic amines is 1. The summed E-state index contributed by atoms with van der Waals surface area (Å²) in [5, 5.41) is 2.76. The summed E-state index contributed by atoms with van der Waals surface area (Å²) in [4.78, 5) is 15.8. The van der Waals surface area contributed by atoms with Crippen molar-refractivity contribution in [2.24, 2.45) is 0 Å². The molecule has 3 aromatic carbocycles. The summed E-state index contributed by atoms with van der Waals surface area (Å²) in [5.41, 5.74) is -1.97. The van der Waals surface area contributed by atoms with Crippen LogP contribution in [0.5, 0.6) is 0 Å². The SMILES string of the molecule is O=C(NCc1cc(C(F)(F)F)cc(C(F)(F)F)c1)c1[nH]c2ccc(F)cc2c1-c1ccccc1. The highest BCUT2D eigenvalue weighted by Crippen LogP contribution is 2.37. The van der Waals surface area contributed by atoms with Crippen molar-refractivity contribution in [1.29, 1.82) is 0 Å². The molecule has 4 aromatic rings. The van der Waals surface area contributed by atoms with E-state index < -0.39 is 41.7 Å². The summed E-state index contributed by atoms with van der Waals surface area (Å²) in [7, 11) is 0. The van der Waals surface area contributed by atoms with Crippen LogP contribution >= 0.6 is 0 Å². The van der Waals surface area contributed by atoms with Gasteiger partial charge in [-0.15, -0.1) is 0 Å². The highest BCUT2D eigenvalue weighted by Gasteiger charge is 2.37. The van der Waals surface area contributed by atoms with Gasteiger partial charge in [-0.05, 0) is 47.5 Å². The molecule has 0 aliphatic rings. The van der Waals surface area contributed by atoms with Crippen molar-refractivity contribution in [3.8, 4) is 11.1 Å². The van der Waals surface area contributed by atoms with Crippen LogP contribution in [0.25, 0.3) is 22.0 Å². The number of carbonyl (C=O) groups excluding carboxylic acids is 1. The molecule has 34 heavy (non-hydrogen) atoms. The van der Waals surface area contributed by atoms with Gasteiger partial charge in [0.15, 0.2) is 0 Å². The van der Waals surface area contributed by atoms with Gasteiger partial charge >= 0.3 is 12.4 Å². The number of H-pyrrole nitrogens is 1. The molecule has 10 heteroatoms. The van der Waals surface area contributed by atoms with Gasteiger partial charge in [0.25, 0.3) is 5.91 Å². The fourth-order valence-electron chi connectivity index (χ4n) is 3.63. The Labute approximate surface area is 188 Å². The van der Waals surface area contributed by atoms with Crippen molar-refractivity contribution in [3.05, 3.63) is 94.9 Å². The minimum absolute atomic E-state index is 0.00480. The maximum atomic E-state index is 13.9. The molecule has 0 bridgehead atoms. The molecule has 0 saturated heterocycles. The van der Waals surface area contributed by atoms with Crippen molar-refractivity contribution in [3.63, 3.8) is 0 Å². The maximum Gasteiger partial charge on any atom is 0.416 e. The first kappa shape index (κ1) is 23.3.